The molecule has 7 heteroatoms. The van der Waals surface area contributed by atoms with Crippen molar-refractivity contribution in [2.45, 2.75) is 38.6 Å². The van der Waals surface area contributed by atoms with E-state index in [2.05, 4.69) is 10.4 Å². The Hall–Kier alpha value is -1.56. The molecule has 0 amide bonds. The molecule has 2 atom stereocenters. The number of benzene rings is 1. The number of halogens is 2. The first-order valence-electron chi connectivity index (χ1n) is 8.43. The van der Waals surface area contributed by atoms with E-state index in [4.69, 9.17) is 23.2 Å². The molecule has 25 heavy (non-hydrogen) atoms. The van der Waals surface area contributed by atoms with Gasteiger partial charge in [-0.2, -0.15) is 9.78 Å². The first-order valence-corrected chi connectivity index (χ1v) is 9.18. The van der Waals surface area contributed by atoms with Crippen LogP contribution in [-0.4, -0.2) is 27.5 Å². The first kappa shape index (κ1) is 18.2. The standard InChI is InChI=1S/C18H21Cl2N3O2/c1-11-5-6-13(9-14(11)19)23-18(25)17(20)16(10-21-23)22-15-4-2-3-12(15)7-8-24/h5-6,9-10,12,15,22,24H,2-4,7-8H2,1H3. The first-order chi connectivity index (χ1) is 12.0. The van der Waals surface area contributed by atoms with E-state index in [0.717, 1.165) is 31.2 Å². The van der Waals surface area contributed by atoms with Crippen molar-refractivity contribution in [3.8, 4) is 5.69 Å². The molecular weight excluding hydrogens is 361 g/mol. The molecule has 1 saturated carbocycles. The number of anilines is 1. The third kappa shape index (κ3) is 3.84. The molecule has 1 aliphatic carbocycles. The Kier molecular flexibility index (Phi) is 5.67. The van der Waals surface area contributed by atoms with Crippen LogP contribution in [0.25, 0.3) is 5.69 Å². The van der Waals surface area contributed by atoms with E-state index in [1.54, 1.807) is 18.3 Å². The predicted octanol–water partition coefficient (Wildman–Crippen LogP) is 3.81. The van der Waals surface area contributed by atoms with Crippen molar-refractivity contribution >= 4 is 28.9 Å². The second-order valence-corrected chi connectivity index (χ2v) is 7.26. The van der Waals surface area contributed by atoms with Gasteiger partial charge in [0.2, 0.25) is 0 Å². The van der Waals surface area contributed by atoms with E-state index >= 15 is 0 Å². The fraction of sp³-hybridized carbons (Fsp3) is 0.444. The van der Waals surface area contributed by atoms with E-state index in [-0.39, 0.29) is 23.2 Å². The lowest BCUT2D eigenvalue weighted by atomic mass is 10.00. The van der Waals surface area contributed by atoms with Gasteiger partial charge in [0.15, 0.2) is 0 Å². The second-order valence-electron chi connectivity index (χ2n) is 6.48. The van der Waals surface area contributed by atoms with Crippen LogP contribution in [0.15, 0.2) is 29.2 Å². The van der Waals surface area contributed by atoms with Gasteiger partial charge in [0.05, 0.1) is 17.6 Å². The number of nitrogens with zero attached hydrogens (tertiary/aromatic N) is 2. The lowest BCUT2D eigenvalue weighted by molar-refractivity contribution is 0.254. The third-order valence-corrected chi connectivity index (χ3v) is 5.59. The molecule has 0 saturated heterocycles. The van der Waals surface area contributed by atoms with Gasteiger partial charge in [0.25, 0.3) is 5.56 Å². The zero-order valence-electron chi connectivity index (χ0n) is 14.0. The monoisotopic (exact) mass is 381 g/mol. The van der Waals surface area contributed by atoms with Gasteiger partial charge in [-0.3, -0.25) is 4.79 Å². The molecule has 3 rings (SSSR count). The van der Waals surface area contributed by atoms with Gasteiger partial charge in [0.1, 0.15) is 5.02 Å². The third-order valence-electron chi connectivity index (χ3n) is 4.82. The SMILES string of the molecule is Cc1ccc(-n2ncc(NC3CCCC3CCO)c(Cl)c2=O)cc1Cl. The minimum atomic E-state index is -0.386. The topological polar surface area (TPSA) is 67.2 Å². The smallest absolute Gasteiger partial charge is 0.292 e. The highest BCUT2D eigenvalue weighted by Crippen LogP contribution is 2.32. The summed E-state index contributed by atoms with van der Waals surface area (Å²) in [5, 5.41) is 17.4. The van der Waals surface area contributed by atoms with E-state index in [1.165, 1.54) is 4.68 Å². The summed E-state index contributed by atoms with van der Waals surface area (Å²) in [5.41, 5.74) is 1.66. The summed E-state index contributed by atoms with van der Waals surface area (Å²) in [6, 6.07) is 5.52. The number of hydrogen-bond donors (Lipinski definition) is 2. The van der Waals surface area contributed by atoms with E-state index in [0.29, 0.717) is 22.3 Å². The molecule has 0 spiro atoms. The summed E-state index contributed by atoms with van der Waals surface area (Å²) in [6.45, 7) is 2.07. The summed E-state index contributed by atoms with van der Waals surface area (Å²) < 4.78 is 1.25. The van der Waals surface area contributed by atoms with Crippen molar-refractivity contribution in [2.75, 3.05) is 11.9 Å². The van der Waals surface area contributed by atoms with Crippen LogP contribution >= 0.6 is 23.2 Å². The number of aliphatic hydroxyl groups excluding tert-OH is 1. The lowest BCUT2D eigenvalue weighted by Gasteiger charge is -2.22. The molecule has 0 aliphatic heterocycles. The van der Waals surface area contributed by atoms with Crippen LogP contribution in [-0.2, 0) is 0 Å². The van der Waals surface area contributed by atoms with Gasteiger partial charge >= 0.3 is 0 Å². The summed E-state index contributed by atoms with van der Waals surface area (Å²) >= 11 is 12.4. The Morgan fingerprint density at radius 2 is 2.16 bits per heavy atom. The lowest BCUT2D eigenvalue weighted by Crippen LogP contribution is -2.28. The summed E-state index contributed by atoms with van der Waals surface area (Å²) in [4.78, 5) is 12.6. The Morgan fingerprint density at radius 3 is 2.88 bits per heavy atom. The highest BCUT2D eigenvalue weighted by molar-refractivity contribution is 6.33. The van der Waals surface area contributed by atoms with Gasteiger partial charge in [-0.05, 0) is 49.8 Å². The van der Waals surface area contributed by atoms with Crippen LogP contribution in [0, 0.1) is 12.8 Å². The van der Waals surface area contributed by atoms with Crippen molar-refractivity contribution in [2.24, 2.45) is 5.92 Å². The zero-order chi connectivity index (χ0) is 18.0. The molecule has 2 aromatic rings. The molecule has 0 bridgehead atoms. The molecule has 1 heterocycles. The van der Waals surface area contributed by atoms with Gasteiger partial charge in [-0.25, -0.2) is 0 Å². The van der Waals surface area contributed by atoms with Gasteiger partial charge in [-0.1, -0.05) is 35.7 Å². The van der Waals surface area contributed by atoms with Crippen LogP contribution in [0.5, 0.6) is 0 Å². The fourth-order valence-corrected chi connectivity index (χ4v) is 3.73. The Balaban J connectivity index is 1.88. The van der Waals surface area contributed by atoms with Crippen LogP contribution in [0.2, 0.25) is 10.0 Å². The average Bonchev–Trinajstić information content (AvgIpc) is 3.02. The highest BCUT2D eigenvalue weighted by Gasteiger charge is 2.27. The van der Waals surface area contributed by atoms with E-state index in [9.17, 15) is 9.90 Å². The second kappa shape index (κ2) is 7.77. The molecule has 134 valence electrons. The number of aryl methyl sites for hydroxylation is 1. The summed E-state index contributed by atoms with van der Waals surface area (Å²) in [7, 11) is 0. The molecule has 0 radical (unpaired) electrons. The van der Waals surface area contributed by atoms with E-state index < -0.39 is 0 Å². The number of rotatable bonds is 5. The predicted molar refractivity (Wildman–Crippen MR) is 101 cm³/mol. The van der Waals surface area contributed by atoms with Crippen LogP contribution in [0.4, 0.5) is 5.69 Å². The minimum absolute atomic E-state index is 0.112. The number of aliphatic hydroxyl groups is 1. The summed E-state index contributed by atoms with van der Waals surface area (Å²) in [6.07, 6.45) is 5.50. The van der Waals surface area contributed by atoms with Crippen LogP contribution in [0.1, 0.15) is 31.2 Å². The summed E-state index contributed by atoms with van der Waals surface area (Å²) in [5.74, 6) is 0.388. The maximum absolute atomic E-state index is 12.6. The van der Waals surface area contributed by atoms with Crippen LogP contribution < -0.4 is 10.9 Å². The zero-order valence-corrected chi connectivity index (χ0v) is 15.5. The van der Waals surface area contributed by atoms with E-state index in [1.807, 2.05) is 13.0 Å². The Morgan fingerprint density at radius 1 is 1.36 bits per heavy atom. The molecule has 2 unspecified atom stereocenters. The van der Waals surface area contributed by atoms with Crippen LogP contribution in [0.3, 0.4) is 0 Å². The quantitative estimate of drug-likeness (QED) is 0.825. The van der Waals surface area contributed by atoms with Crippen molar-refractivity contribution in [1.29, 1.82) is 0 Å². The van der Waals surface area contributed by atoms with Crippen molar-refractivity contribution < 1.29 is 5.11 Å². The molecule has 1 aromatic carbocycles. The van der Waals surface area contributed by atoms with Crippen molar-refractivity contribution in [3.05, 3.63) is 50.4 Å². The molecular formula is C18H21Cl2N3O2. The highest BCUT2D eigenvalue weighted by atomic mass is 35.5. The van der Waals surface area contributed by atoms with Gasteiger partial charge in [-0.15, -0.1) is 0 Å². The molecule has 2 N–H and O–H groups in total. The number of aromatic nitrogens is 2. The molecule has 5 nitrogen and oxygen atoms in total. The van der Waals surface area contributed by atoms with Gasteiger partial charge in [0, 0.05) is 17.7 Å². The van der Waals surface area contributed by atoms with Crippen molar-refractivity contribution in [3.63, 3.8) is 0 Å². The molecule has 1 aliphatic rings. The van der Waals surface area contributed by atoms with Crippen molar-refractivity contribution in [1.82, 2.24) is 9.78 Å². The number of nitrogens with one attached hydrogen (secondary N) is 1. The fourth-order valence-electron chi connectivity index (χ4n) is 3.37. The number of hydrogen-bond acceptors (Lipinski definition) is 4. The molecule has 1 fully saturated rings. The molecule has 1 aromatic heterocycles. The largest absolute Gasteiger partial charge is 0.396 e. The maximum atomic E-state index is 12.6. The average molecular weight is 382 g/mol. The normalized spacial score (nSPS) is 20.0. The Bertz CT molecular complexity index is 822. The maximum Gasteiger partial charge on any atom is 0.292 e. The van der Waals surface area contributed by atoms with Gasteiger partial charge < -0.3 is 10.4 Å². The minimum Gasteiger partial charge on any atom is -0.396 e. The Labute approximate surface area is 156 Å².